The lowest BCUT2D eigenvalue weighted by Gasteiger charge is -2.30. The summed E-state index contributed by atoms with van der Waals surface area (Å²) >= 11 is 0. The Balaban J connectivity index is 1.35. The van der Waals surface area contributed by atoms with E-state index in [1.54, 1.807) is 54.6 Å². The third-order valence-corrected chi connectivity index (χ3v) is 9.87. The van der Waals surface area contributed by atoms with Crippen molar-refractivity contribution in [1.82, 2.24) is 25.8 Å². The highest BCUT2D eigenvalue weighted by Crippen LogP contribution is 2.35. The molecule has 0 aromatic heterocycles. The third kappa shape index (κ3) is 9.37. The summed E-state index contributed by atoms with van der Waals surface area (Å²) < 4.78 is 47.6. The first-order chi connectivity index (χ1) is 25.8. The van der Waals surface area contributed by atoms with Gasteiger partial charge in [0.05, 0.1) is 29.8 Å². The quantitative estimate of drug-likeness (QED) is 0.302. The number of hydrogen-bond acceptors (Lipinski definition) is 7. The van der Waals surface area contributed by atoms with Crippen LogP contribution in [0.25, 0.3) is 0 Å². The molecule has 2 aliphatic heterocycles. The average molecular weight is 750 g/mol. The zero-order valence-electron chi connectivity index (χ0n) is 29.6. The highest BCUT2D eigenvalue weighted by molar-refractivity contribution is 5.96. The molecule has 2 heterocycles. The van der Waals surface area contributed by atoms with Crippen molar-refractivity contribution in [3.63, 3.8) is 0 Å². The highest BCUT2D eigenvalue weighted by atomic mass is 19.4. The number of carbonyl (C=O) groups is 5. The summed E-state index contributed by atoms with van der Waals surface area (Å²) in [4.78, 5) is 71.0. The molecular formula is C39H42F3N5O7. The van der Waals surface area contributed by atoms with E-state index in [2.05, 4.69) is 16.0 Å². The van der Waals surface area contributed by atoms with Crippen molar-refractivity contribution < 1.29 is 47.0 Å². The molecular weight excluding hydrogens is 707 g/mol. The number of halogens is 3. The van der Waals surface area contributed by atoms with Crippen LogP contribution in [0.4, 0.5) is 13.2 Å². The van der Waals surface area contributed by atoms with E-state index in [1.807, 2.05) is 0 Å². The number of benzene rings is 3. The van der Waals surface area contributed by atoms with Crippen LogP contribution in [0.1, 0.15) is 52.7 Å². The molecule has 1 saturated carbocycles. The largest absolute Gasteiger partial charge is 0.484 e. The molecule has 6 rings (SSSR count). The molecule has 3 aromatic carbocycles. The SMILES string of the molecule is C[C@@H](O)[C@@H]1NC(=O)COc2cccc(c2)[C@H]2CN(C(=O)c3ccccc3C(F)(F)F)C[C@@H]2NC(=O)[C@H](Cc2ccccc2)NC(=O)CN(CC2CC2)C1=O. The van der Waals surface area contributed by atoms with E-state index in [4.69, 9.17) is 4.74 Å². The normalized spacial score (nSPS) is 23.6. The van der Waals surface area contributed by atoms with Crippen LogP contribution < -0.4 is 20.7 Å². The number of fused-ring (bicyclic) bond motifs is 4. The Morgan fingerprint density at radius 2 is 1.63 bits per heavy atom. The fourth-order valence-corrected chi connectivity index (χ4v) is 6.93. The molecule has 12 nitrogen and oxygen atoms in total. The van der Waals surface area contributed by atoms with Crippen LogP contribution in [0.2, 0.25) is 0 Å². The van der Waals surface area contributed by atoms with E-state index in [0.717, 1.165) is 30.5 Å². The van der Waals surface area contributed by atoms with Crippen LogP contribution in [-0.2, 0) is 31.8 Å². The molecule has 2 bridgehead atoms. The first kappa shape index (κ1) is 38.3. The first-order valence-corrected chi connectivity index (χ1v) is 17.8. The van der Waals surface area contributed by atoms with Crippen LogP contribution in [0.15, 0.2) is 78.9 Å². The molecule has 3 aromatic rings. The summed E-state index contributed by atoms with van der Waals surface area (Å²) in [6.07, 6.45) is -4.36. The Hall–Kier alpha value is -5.44. The van der Waals surface area contributed by atoms with Crippen molar-refractivity contribution >= 4 is 29.5 Å². The minimum Gasteiger partial charge on any atom is -0.484 e. The summed E-state index contributed by atoms with van der Waals surface area (Å²) in [5.41, 5.74) is -0.325. The summed E-state index contributed by atoms with van der Waals surface area (Å²) in [7, 11) is 0. The number of rotatable bonds is 6. The fraction of sp³-hybridized carbons (Fsp3) is 0.410. The second-order valence-electron chi connectivity index (χ2n) is 14.1. The number of hydrogen-bond donors (Lipinski definition) is 4. The Labute approximate surface area is 310 Å². The van der Waals surface area contributed by atoms with Gasteiger partial charge in [0, 0.05) is 32.0 Å². The van der Waals surface area contributed by atoms with Gasteiger partial charge in [0.2, 0.25) is 17.7 Å². The van der Waals surface area contributed by atoms with Gasteiger partial charge in [-0.1, -0.05) is 54.6 Å². The Morgan fingerprint density at radius 3 is 2.33 bits per heavy atom. The maximum absolute atomic E-state index is 14.2. The van der Waals surface area contributed by atoms with Crippen molar-refractivity contribution in [2.24, 2.45) is 5.92 Å². The molecule has 4 N–H and O–H groups in total. The van der Waals surface area contributed by atoms with Crippen molar-refractivity contribution in [2.45, 2.75) is 62.5 Å². The molecule has 54 heavy (non-hydrogen) atoms. The van der Waals surface area contributed by atoms with E-state index >= 15 is 0 Å². The third-order valence-electron chi connectivity index (χ3n) is 9.87. The van der Waals surface area contributed by atoms with Gasteiger partial charge in [0.25, 0.3) is 11.8 Å². The zero-order valence-corrected chi connectivity index (χ0v) is 29.6. The van der Waals surface area contributed by atoms with Gasteiger partial charge in [-0.15, -0.1) is 0 Å². The van der Waals surface area contributed by atoms with Gasteiger partial charge in [0.1, 0.15) is 17.8 Å². The number of likely N-dealkylation sites (tertiary alicyclic amines) is 1. The number of nitrogens with zero attached hydrogens (tertiary/aromatic N) is 2. The molecule has 1 aliphatic carbocycles. The predicted octanol–water partition coefficient (Wildman–Crippen LogP) is 2.65. The maximum Gasteiger partial charge on any atom is 0.417 e. The zero-order chi connectivity index (χ0) is 38.6. The van der Waals surface area contributed by atoms with Crippen LogP contribution in [0.5, 0.6) is 5.75 Å². The van der Waals surface area contributed by atoms with Gasteiger partial charge in [-0.3, -0.25) is 24.0 Å². The van der Waals surface area contributed by atoms with E-state index in [-0.39, 0.29) is 37.7 Å². The number of nitrogens with one attached hydrogen (secondary N) is 3. The maximum atomic E-state index is 14.2. The fourth-order valence-electron chi connectivity index (χ4n) is 6.93. The van der Waals surface area contributed by atoms with E-state index < -0.39 is 90.1 Å². The van der Waals surface area contributed by atoms with Gasteiger partial charge in [-0.05, 0) is 61.1 Å². The minimum absolute atomic E-state index is 0.0592. The predicted molar refractivity (Wildman–Crippen MR) is 189 cm³/mol. The van der Waals surface area contributed by atoms with E-state index in [0.29, 0.717) is 5.56 Å². The van der Waals surface area contributed by atoms with Crippen LogP contribution in [-0.4, -0.2) is 101 Å². The van der Waals surface area contributed by atoms with Gasteiger partial charge in [-0.2, -0.15) is 13.2 Å². The van der Waals surface area contributed by atoms with Gasteiger partial charge >= 0.3 is 6.18 Å². The molecule has 0 radical (unpaired) electrons. The lowest BCUT2D eigenvalue weighted by Crippen LogP contribution is -2.58. The second-order valence-corrected chi connectivity index (χ2v) is 14.1. The Morgan fingerprint density at radius 1 is 0.907 bits per heavy atom. The molecule has 286 valence electrons. The van der Waals surface area contributed by atoms with Crippen LogP contribution in [0.3, 0.4) is 0 Å². The highest BCUT2D eigenvalue weighted by Gasteiger charge is 2.42. The smallest absolute Gasteiger partial charge is 0.417 e. The topological polar surface area (TPSA) is 157 Å². The molecule has 0 spiro atoms. The number of carbonyl (C=O) groups excluding carboxylic acids is 5. The van der Waals surface area contributed by atoms with Crippen LogP contribution in [0, 0.1) is 5.92 Å². The molecule has 5 atom stereocenters. The van der Waals surface area contributed by atoms with Crippen molar-refractivity contribution in [1.29, 1.82) is 0 Å². The van der Waals surface area contributed by atoms with Crippen molar-refractivity contribution in [2.75, 3.05) is 32.8 Å². The second kappa shape index (κ2) is 16.3. The first-order valence-electron chi connectivity index (χ1n) is 17.8. The number of ether oxygens (including phenoxy) is 1. The molecule has 3 aliphatic rings. The number of aliphatic hydroxyl groups is 1. The monoisotopic (exact) mass is 749 g/mol. The summed E-state index contributed by atoms with van der Waals surface area (Å²) in [5, 5.41) is 18.8. The number of aliphatic hydroxyl groups excluding tert-OH is 1. The van der Waals surface area contributed by atoms with Gasteiger partial charge in [-0.25, -0.2) is 0 Å². The summed E-state index contributed by atoms with van der Waals surface area (Å²) in [6, 6.07) is 16.6. The number of amides is 5. The van der Waals surface area contributed by atoms with Gasteiger partial charge in [0.15, 0.2) is 6.61 Å². The molecule has 5 amide bonds. The minimum atomic E-state index is -4.78. The van der Waals surface area contributed by atoms with Crippen molar-refractivity contribution in [3.8, 4) is 5.75 Å². The van der Waals surface area contributed by atoms with Crippen molar-refractivity contribution in [3.05, 3.63) is 101 Å². The average Bonchev–Trinajstić information content (AvgIpc) is 3.87. The van der Waals surface area contributed by atoms with Gasteiger partial charge < -0.3 is 35.6 Å². The number of alkyl halides is 3. The molecule has 15 heteroatoms. The standard InChI is InChI=1S/C39H42F3N5O7/c1-23(48)35-38(53)46(18-25-14-15-25)21-33(49)43-31(16-24-8-3-2-4-9-24)36(51)44-32-20-47(37(52)28-12-5-6-13-30(28)39(40,41)42)19-29(32)26-10-7-11-27(17-26)54-22-34(50)45-35/h2-13,17,23,25,29,31-32,35,48H,14-16,18-22H2,1H3,(H,43,49)(H,44,51)(H,45,50)/t23-,29-,31+,32+,35+/m1/s1. The lowest BCUT2D eigenvalue weighted by molar-refractivity contribution is -0.143. The molecule has 2 fully saturated rings. The Kier molecular flexibility index (Phi) is 11.5. The molecule has 1 saturated heterocycles. The lowest BCUT2D eigenvalue weighted by atomic mass is 9.93. The van der Waals surface area contributed by atoms with E-state index in [1.165, 1.54) is 28.9 Å². The Bertz CT molecular complexity index is 1870. The summed E-state index contributed by atoms with van der Waals surface area (Å²) in [5.74, 6) is -3.75. The van der Waals surface area contributed by atoms with E-state index in [9.17, 15) is 42.3 Å². The van der Waals surface area contributed by atoms with Crippen LogP contribution >= 0.6 is 0 Å². The summed E-state index contributed by atoms with van der Waals surface area (Å²) in [6.45, 7) is 0.349. The molecule has 0 unspecified atom stereocenters.